The molecule has 0 aromatic carbocycles. The summed E-state index contributed by atoms with van der Waals surface area (Å²) in [6.45, 7) is 15.6. The van der Waals surface area contributed by atoms with Crippen molar-refractivity contribution in [3.63, 3.8) is 0 Å². The monoisotopic (exact) mass is 484 g/mol. The number of hydrogen-bond acceptors (Lipinski definition) is 6. The lowest BCUT2D eigenvalue weighted by molar-refractivity contribution is -0.271. The van der Waals surface area contributed by atoms with Crippen LogP contribution >= 0.6 is 0 Å². The number of aliphatic hydroxyl groups is 1. The van der Waals surface area contributed by atoms with Crippen molar-refractivity contribution in [1.29, 1.82) is 0 Å². The largest absolute Gasteiger partial charge is 0.462 e. The minimum Gasteiger partial charge on any atom is -0.462 e. The van der Waals surface area contributed by atoms with Crippen molar-refractivity contribution in [1.82, 2.24) is 0 Å². The topological polar surface area (TPSA) is 74.2 Å². The predicted molar refractivity (Wildman–Crippen MR) is 133 cm³/mol. The van der Waals surface area contributed by atoms with Gasteiger partial charge in [-0.3, -0.25) is 0 Å². The third-order valence-corrected chi connectivity index (χ3v) is 12.0. The van der Waals surface area contributed by atoms with Crippen LogP contribution in [0.3, 0.4) is 0 Å². The Kier molecular flexibility index (Phi) is 11.1. The second-order valence-electron chi connectivity index (χ2n) is 11.5. The highest BCUT2D eigenvalue weighted by molar-refractivity contribution is 6.74. The number of carbonyl (C=O) groups excluding carboxylic acids is 1. The normalized spacial score (nSPS) is 28.7. The lowest BCUT2D eigenvalue weighted by Crippen LogP contribution is -2.54. The second-order valence-corrected chi connectivity index (χ2v) is 16.2. The molecule has 1 N–H and O–H groups in total. The maximum absolute atomic E-state index is 11.9. The van der Waals surface area contributed by atoms with E-state index in [2.05, 4.69) is 33.9 Å². The number of aliphatic hydroxyl groups excluding tert-OH is 1. The predicted octanol–water partition coefficient (Wildman–Crippen LogP) is 5.74. The van der Waals surface area contributed by atoms with E-state index in [0.29, 0.717) is 25.4 Å². The van der Waals surface area contributed by atoms with Crippen molar-refractivity contribution in [3.05, 3.63) is 12.2 Å². The van der Waals surface area contributed by atoms with Gasteiger partial charge in [0.05, 0.1) is 24.9 Å². The number of esters is 1. The van der Waals surface area contributed by atoms with Gasteiger partial charge in [-0.1, -0.05) is 46.1 Å². The molecule has 0 amide bonds. The molecule has 0 bridgehead atoms. The summed E-state index contributed by atoms with van der Waals surface area (Å²) in [5, 5.41) is 10.7. The van der Waals surface area contributed by atoms with E-state index in [1.807, 2.05) is 19.9 Å². The maximum atomic E-state index is 11.9. The van der Waals surface area contributed by atoms with E-state index < -0.39 is 20.7 Å². The van der Waals surface area contributed by atoms with E-state index in [1.54, 1.807) is 0 Å². The Morgan fingerprint density at radius 2 is 1.88 bits per heavy atom. The summed E-state index contributed by atoms with van der Waals surface area (Å²) < 4.78 is 23.9. The van der Waals surface area contributed by atoms with Crippen molar-refractivity contribution in [2.75, 3.05) is 6.61 Å². The van der Waals surface area contributed by atoms with E-state index in [-0.39, 0.29) is 29.3 Å². The van der Waals surface area contributed by atoms with Gasteiger partial charge in [-0.05, 0) is 63.6 Å². The molecule has 33 heavy (non-hydrogen) atoms. The average Bonchev–Trinajstić information content (AvgIpc) is 2.73. The molecule has 1 saturated heterocycles. The first-order valence-corrected chi connectivity index (χ1v) is 15.8. The van der Waals surface area contributed by atoms with Crippen LogP contribution in [-0.2, 0) is 23.4 Å². The quantitative estimate of drug-likeness (QED) is 0.242. The molecule has 1 heterocycles. The molecule has 0 spiro atoms. The van der Waals surface area contributed by atoms with Crippen LogP contribution in [0.2, 0.25) is 18.1 Å². The molecule has 1 unspecified atom stereocenters. The van der Waals surface area contributed by atoms with Crippen LogP contribution < -0.4 is 0 Å². The standard InChI is InChI=1S/C26H48O6Si/c1-19(13-11-12-16-24(28)29-18-21-14-9-8-10-15-21)30-25-22(27)17-23(20(2)31-25)32-33(6,7)26(3,4)5/h12,16,19-23,25,27H,8-11,13-15,17-18H2,1-7H3/b16-12+/t19-,20+,22-,23?,25-/m1/s1. The minimum absolute atomic E-state index is 0.0994. The first kappa shape index (κ1) is 28.5. The summed E-state index contributed by atoms with van der Waals surface area (Å²) in [6.07, 6.45) is 9.71. The molecular weight excluding hydrogens is 436 g/mol. The van der Waals surface area contributed by atoms with Gasteiger partial charge in [0.25, 0.3) is 0 Å². The number of allylic oxidation sites excluding steroid dienone is 1. The van der Waals surface area contributed by atoms with E-state index in [9.17, 15) is 9.90 Å². The maximum Gasteiger partial charge on any atom is 0.330 e. The SMILES string of the molecule is C[C@H](CC/C=C/C(=O)OCC1CCCCC1)O[C@@H]1O[C@@H](C)C(O[Si](C)(C)C(C)(C)C)C[C@H]1O. The fraction of sp³-hybridized carbons (Fsp3) is 0.885. The molecule has 2 rings (SSSR count). The lowest BCUT2D eigenvalue weighted by atomic mass is 9.90. The first-order valence-electron chi connectivity index (χ1n) is 12.9. The van der Waals surface area contributed by atoms with E-state index in [4.69, 9.17) is 18.6 Å². The fourth-order valence-electron chi connectivity index (χ4n) is 4.16. The summed E-state index contributed by atoms with van der Waals surface area (Å²) in [6, 6.07) is 0. The second kappa shape index (κ2) is 12.8. The smallest absolute Gasteiger partial charge is 0.330 e. The van der Waals surface area contributed by atoms with Gasteiger partial charge in [-0.25, -0.2) is 4.79 Å². The van der Waals surface area contributed by atoms with Crippen LogP contribution in [0.15, 0.2) is 12.2 Å². The van der Waals surface area contributed by atoms with Gasteiger partial charge in [0.2, 0.25) is 0 Å². The molecular formula is C26H48O6Si. The molecule has 2 aliphatic rings. The van der Waals surface area contributed by atoms with Crippen LogP contribution in [0.5, 0.6) is 0 Å². The number of rotatable bonds is 10. The average molecular weight is 485 g/mol. The van der Waals surface area contributed by atoms with Crippen LogP contribution in [0.1, 0.15) is 86.0 Å². The lowest BCUT2D eigenvalue weighted by Gasteiger charge is -2.45. The van der Waals surface area contributed by atoms with Crippen LogP contribution in [0.4, 0.5) is 0 Å². The summed E-state index contributed by atoms with van der Waals surface area (Å²) in [7, 11) is -1.94. The Bertz CT molecular complexity index is 623. The molecule has 1 saturated carbocycles. The van der Waals surface area contributed by atoms with Crippen molar-refractivity contribution in [3.8, 4) is 0 Å². The van der Waals surface area contributed by atoms with Gasteiger partial charge in [-0.2, -0.15) is 0 Å². The zero-order valence-corrected chi connectivity index (χ0v) is 23.0. The van der Waals surface area contributed by atoms with E-state index in [1.165, 1.54) is 38.2 Å². The molecule has 1 aliphatic carbocycles. The molecule has 5 atom stereocenters. The summed E-state index contributed by atoms with van der Waals surface area (Å²) in [4.78, 5) is 11.9. The number of carbonyl (C=O) groups is 1. The third-order valence-electron chi connectivity index (χ3n) is 7.46. The van der Waals surface area contributed by atoms with E-state index in [0.717, 1.165) is 6.42 Å². The molecule has 7 heteroatoms. The highest BCUT2D eigenvalue weighted by Crippen LogP contribution is 2.39. The highest BCUT2D eigenvalue weighted by atomic mass is 28.4. The van der Waals surface area contributed by atoms with Crippen LogP contribution in [0.25, 0.3) is 0 Å². The van der Waals surface area contributed by atoms with Gasteiger partial charge in [0.1, 0.15) is 6.10 Å². The Balaban J connectivity index is 1.68. The fourth-order valence-corrected chi connectivity index (χ4v) is 5.56. The molecule has 0 radical (unpaired) electrons. The third kappa shape index (κ3) is 9.44. The molecule has 6 nitrogen and oxygen atoms in total. The zero-order valence-electron chi connectivity index (χ0n) is 22.0. The summed E-state index contributed by atoms with van der Waals surface area (Å²) in [5.41, 5.74) is 0. The zero-order chi connectivity index (χ0) is 24.6. The van der Waals surface area contributed by atoms with E-state index >= 15 is 0 Å². The Morgan fingerprint density at radius 1 is 1.21 bits per heavy atom. The molecule has 2 fully saturated rings. The van der Waals surface area contributed by atoms with Gasteiger partial charge >= 0.3 is 5.97 Å². The highest BCUT2D eigenvalue weighted by Gasteiger charge is 2.44. The summed E-state index contributed by atoms with van der Waals surface area (Å²) >= 11 is 0. The Morgan fingerprint density at radius 3 is 2.52 bits per heavy atom. The number of hydrogen-bond donors (Lipinski definition) is 1. The summed E-state index contributed by atoms with van der Waals surface area (Å²) in [5.74, 6) is 0.266. The Labute approximate surface area is 202 Å². The van der Waals surface area contributed by atoms with Gasteiger partial charge in [0.15, 0.2) is 14.6 Å². The Hall–Kier alpha value is -0.733. The van der Waals surface area contributed by atoms with Crippen LogP contribution in [-0.4, -0.2) is 56.7 Å². The molecule has 0 aromatic heterocycles. The van der Waals surface area contributed by atoms with Crippen molar-refractivity contribution in [2.45, 2.75) is 135 Å². The van der Waals surface area contributed by atoms with Crippen molar-refractivity contribution < 1.29 is 28.5 Å². The van der Waals surface area contributed by atoms with Crippen molar-refractivity contribution >= 4 is 14.3 Å². The first-order chi connectivity index (χ1) is 15.4. The van der Waals surface area contributed by atoms with Gasteiger partial charge < -0.3 is 23.7 Å². The van der Waals surface area contributed by atoms with Gasteiger partial charge in [0, 0.05) is 12.5 Å². The van der Waals surface area contributed by atoms with Crippen LogP contribution in [0, 0.1) is 5.92 Å². The molecule has 1 aliphatic heterocycles. The minimum atomic E-state index is -1.94. The van der Waals surface area contributed by atoms with Crippen molar-refractivity contribution in [2.24, 2.45) is 5.92 Å². The molecule has 192 valence electrons. The number of ether oxygens (including phenoxy) is 3. The molecule has 0 aromatic rings. The van der Waals surface area contributed by atoms with Gasteiger partial charge in [-0.15, -0.1) is 0 Å².